The van der Waals surface area contributed by atoms with Crippen molar-refractivity contribution in [2.75, 3.05) is 0 Å². The largest absolute Gasteiger partial charge is 0.488 e. The Kier molecular flexibility index (Phi) is 5.27. The summed E-state index contributed by atoms with van der Waals surface area (Å²) in [5.41, 5.74) is 2.13. The third kappa shape index (κ3) is 3.95. The predicted octanol–water partition coefficient (Wildman–Crippen LogP) is 5.70. The lowest BCUT2D eigenvalue weighted by Gasteiger charge is -2.10. The van der Waals surface area contributed by atoms with Crippen LogP contribution in [0.1, 0.15) is 20.9 Å². The van der Waals surface area contributed by atoms with Gasteiger partial charge in [-0.25, -0.2) is 9.78 Å². The summed E-state index contributed by atoms with van der Waals surface area (Å²) >= 11 is 13.1. The highest BCUT2D eigenvalue weighted by atomic mass is 35.5. The average molecular weight is 394 g/mol. The summed E-state index contributed by atoms with van der Waals surface area (Å²) in [5.74, 6) is -0.352. The number of halogens is 2. The molecule has 4 nitrogen and oxygen atoms in total. The number of aryl methyl sites for hydroxylation is 1. The lowest BCUT2D eigenvalue weighted by atomic mass is 10.2. The number of benzene rings is 2. The first-order valence-corrected chi connectivity index (χ1v) is 8.90. The van der Waals surface area contributed by atoms with E-state index < -0.39 is 5.97 Å². The van der Waals surface area contributed by atoms with Gasteiger partial charge in [0.1, 0.15) is 22.2 Å². The molecule has 128 valence electrons. The number of hydrogen-bond donors (Lipinski definition) is 1. The zero-order chi connectivity index (χ0) is 18.0. The van der Waals surface area contributed by atoms with Crippen molar-refractivity contribution in [3.8, 4) is 16.3 Å². The van der Waals surface area contributed by atoms with Crippen LogP contribution in [0.25, 0.3) is 10.6 Å². The fourth-order valence-corrected chi connectivity index (χ4v) is 3.53. The van der Waals surface area contributed by atoms with E-state index in [2.05, 4.69) is 4.98 Å². The van der Waals surface area contributed by atoms with E-state index in [0.29, 0.717) is 33.1 Å². The second-order valence-electron chi connectivity index (χ2n) is 5.27. The summed E-state index contributed by atoms with van der Waals surface area (Å²) in [5, 5.41) is 10.8. The standard InChI is InChI=1S/C18H13Cl2NO3S/c1-10-16(18(22)23)25-17(21-10)12-4-2-3-5-15(12)24-9-11-6-7-13(19)14(20)8-11/h2-8H,9H2,1H3,(H,22,23). The number of rotatable bonds is 5. The lowest BCUT2D eigenvalue weighted by Crippen LogP contribution is -1.97. The molecule has 0 saturated heterocycles. The molecule has 0 fully saturated rings. The topological polar surface area (TPSA) is 59.4 Å². The molecule has 25 heavy (non-hydrogen) atoms. The maximum atomic E-state index is 11.2. The van der Waals surface area contributed by atoms with Crippen LogP contribution in [0.2, 0.25) is 10.0 Å². The number of aromatic carboxylic acids is 1. The minimum Gasteiger partial charge on any atom is -0.488 e. The summed E-state index contributed by atoms with van der Waals surface area (Å²) in [6.07, 6.45) is 0. The van der Waals surface area contributed by atoms with Crippen molar-refractivity contribution < 1.29 is 14.6 Å². The Bertz CT molecular complexity index is 940. The number of hydrogen-bond acceptors (Lipinski definition) is 4. The fourth-order valence-electron chi connectivity index (χ4n) is 2.27. The van der Waals surface area contributed by atoms with E-state index in [-0.39, 0.29) is 4.88 Å². The molecule has 2 aromatic carbocycles. The average Bonchev–Trinajstić information content (AvgIpc) is 2.98. The molecule has 0 aliphatic carbocycles. The van der Waals surface area contributed by atoms with Gasteiger partial charge in [0.2, 0.25) is 0 Å². The molecule has 3 rings (SSSR count). The van der Waals surface area contributed by atoms with Gasteiger partial charge < -0.3 is 9.84 Å². The van der Waals surface area contributed by atoms with E-state index in [1.54, 1.807) is 19.1 Å². The smallest absolute Gasteiger partial charge is 0.347 e. The molecule has 0 unspecified atom stereocenters. The third-order valence-electron chi connectivity index (χ3n) is 3.49. The molecule has 0 aliphatic heterocycles. The van der Waals surface area contributed by atoms with Crippen LogP contribution < -0.4 is 4.74 Å². The Labute approximate surface area is 158 Å². The Hall–Kier alpha value is -2.08. The molecule has 1 N–H and O–H groups in total. The van der Waals surface area contributed by atoms with Gasteiger partial charge in [-0.05, 0) is 36.8 Å². The van der Waals surface area contributed by atoms with E-state index in [1.807, 2.05) is 30.3 Å². The normalized spacial score (nSPS) is 10.7. The number of nitrogens with zero attached hydrogens (tertiary/aromatic N) is 1. The Morgan fingerprint density at radius 3 is 2.64 bits per heavy atom. The number of carboxylic acids is 1. The Morgan fingerprint density at radius 2 is 1.96 bits per heavy atom. The lowest BCUT2D eigenvalue weighted by molar-refractivity contribution is 0.0701. The van der Waals surface area contributed by atoms with Crippen molar-refractivity contribution in [2.45, 2.75) is 13.5 Å². The monoisotopic (exact) mass is 393 g/mol. The van der Waals surface area contributed by atoms with Crippen LogP contribution in [0.5, 0.6) is 5.75 Å². The fraction of sp³-hybridized carbons (Fsp3) is 0.111. The molecule has 0 aliphatic rings. The van der Waals surface area contributed by atoms with Gasteiger partial charge in [-0.3, -0.25) is 0 Å². The van der Waals surface area contributed by atoms with Gasteiger partial charge in [-0.2, -0.15) is 0 Å². The molecule has 0 saturated carbocycles. The van der Waals surface area contributed by atoms with Crippen molar-refractivity contribution >= 4 is 40.5 Å². The number of carbonyl (C=O) groups is 1. The van der Waals surface area contributed by atoms with Crippen molar-refractivity contribution in [1.29, 1.82) is 0 Å². The van der Waals surface area contributed by atoms with Crippen LogP contribution in [0.15, 0.2) is 42.5 Å². The van der Waals surface area contributed by atoms with E-state index in [9.17, 15) is 9.90 Å². The van der Waals surface area contributed by atoms with Crippen molar-refractivity contribution in [2.24, 2.45) is 0 Å². The molecule has 1 aromatic heterocycles. The van der Waals surface area contributed by atoms with Crippen molar-refractivity contribution in [1.82, 2.24) is 4.98 Å². The zero-order valence-corrected chi connectivity index (χ0v) is 15.5. The number of ether oxygens (including phenoxy) is 1. The van der Waals surface area contributed by atoms with Crippen LogP contribution in [0, 0.1) is 6.92 Å². The van der Waals surface area contributed by atoms with E-state index in [0.717, 1.165) is 22.5 Å². The first-order valence-electron chi connectivity index (χ1n) is 7.32. The van der Waals surface area contributed by atoms with Gasteiger partial charge >= 0.3 is 5.97 Å². The second-order valence-corrected chi connectivity index (χ2v) is 7.09. The summed E-state index contributed by atoms with van der Waals surface area (Å²) in [7, 11) is 0. The maximum Gasteiger partial charge on any atom is 0.347 e. The molecule has 0 spiro atoms. The Morgan fingerprint density at radius 1 is 1.20 bits per heavy atom. The molecule has 0 amide bonds. The van der Waals surface area contributed by atoms with E-state index >= 15 is 0 Å². The van der Waals surface area contributed by atoms with Crippen LogP contribution in [-0.2, 0) is 6.61 Å². The maximum absolute atomic E-state index is 11.2. The number of carboxylic acid groups (broad SMARTS) is 1. The molecule has 0 bridgehead atoms. The van der Waals surface area contributed by atoms with Gasteiger partial charge in [0, 0.05) is 0 Å². The van der Waals surface area contributed by atoms with Gasteiger partial charge in [-0.15, -0.1) is 11.3 Å². The molecule has 3 aromatic rings. The minimum atomic E-state index is -0.976. The summed E-state index contributed by atoms with van der Waals surface area (Å²) in [6, 6.07) is 12.7. The SMILES string of the molecule is Cc1nc(-c2ccccc2OCc2ccc(Cl)c(Cl)c2)sc1C(=O)O. The van der Waals surface area contributed by atoms with Gasteiger partial charge in [0.15, 0.2) is 0 Å². The van der Waals surface area contributed by atoms with Gasteiger partial charge in [0.05, 0.1) is 21.3 Å². The zero-order valence-electron chi connectivity index (χ0n) is 13.1. The van der Waals surface area contributed by atoms with Crippen molar-refractivity contribution in [3.63, 3.8) is 0 Å². The highest BCUT2D eigenvalue weighted by Gasteiger charge is 2.17. The predicted molar refractivity (Wildman–Crippen MR) is 100 cm³/mol. The molecule has 0 atom stereocenters. The molecule has 1 heterocycles. The molecular weight excluding hydrogens is 381 g/mol. The molecule has 7 heteroatoms. The van der Waals surface area contributed by atoms with Crippen LogP contribution in [0.4, 0.5) is 0 Å². The first-order chi connectivity index (χ1) is 12.0. The summed E-state index contributed by atoms with van der Waals surface area (Å²) in [4.78, 5) is 15.8. The highest BCUT2D eigenvalue weighted by molar-refractivity contribution is 7.17. The Balaban J connectivity index is 1.87. The number of aromatic nitrogens is 1. The van der Waals surface area contributed by atoms with Gasteiger partial charge in [0.25, 0.3) is 0 Å². The molecular formula is C18H13Cl2NO3S. The third-order valence-corrected chi connectivity index (χ3v) is 5.40. The van der Waals surface area contributed by atoms with Crippen LogP contribution in [0.3, 0.4) is 0 Å². The van der Waals surface area contributed by atoms with Crippen molar-refractivity contribution in [3.05, 3.63) is 68.6 Å². The van der Waals surface area contributed by atoms with Gasteiger partial charge in [-0.1, -0.05) is 41.4 Å². The quantitative estimate of drug-likeness (QED) is 0.603. The first kappa shape index (κ1) is 17.7. The highest BCUT2D eigenvalue weighted by Crippen LogP contribution is 2.35. The van der Waals surface area contributed by atoms with E-state index in [4.69, 9.17) is 27.9 Å². The minimum absolute atomic E-state index is 0.231. The summed E-state index contributed by atoms with van der Waals surface area (Å²) in [6.45, 7) is 1.99. The second kappa shape index (κ2) is 7.44. The number of thiazole rings is 1. The number of para-hydroxylation sites is 1. The van der Waals surface area contributed by atoms with Crippen LogP contribution >= 0.6 is 34.5 Å². The summed E-state index contributed by atoms with van der Waals surface area (Å²) < 4.78 is 5.90. The molecule has 0 radical (unpaired) electrons. The van der Waals surface area contributed by atoms with E-state index in [1.165, 1.54) is 0 Å². The van der Waals surface area contributed by atoms with Crippen LogP contribution in [-0.4, -0.2) is 16.1 Å².